The van der Waals surface area contributed by atoms with E-state index in [9.17, 15) is 9.90 Å². The van der Waals surface area contributed by atoms with Crippen molar-refractivity contribution in [2.75, 3.05) is 19.6 Å². The molecule has 5 nitrogen and oxygen atoms in total. The predicted octanol–water partition coefficient (Wildman–Crippen LogP) is 2.30. The molecule has 0 aromatic heterocycles. The predicted molar refractivity (Wildman–Crippen MR) is 81.2 cm³/mol. The zero-order chi connectivity index (χ0) is 15.6. The lowest BCUT2D eigenvalue weighted by Crippen LogP contribution is -2.35. The molecule has 0 aliphatic carbocycles. The minimum absolute atomic E-state index is 0.0451. The highest BCUT2D eigenvalue weighted by Gasteiger charge is 2.38. The zero-order valence-corrected chi connectivity index (χ0v) is 12.9. The van der Waals surface area contributed by atoms with Crippen molar-refractivity contribution in [3.8, 4) is 5.75 Å². The number of hydrogen-bond donors (Lipinski definition) is 2. The molecular weight excluding hydrogens is 268 g/mol. The number of carbonyl (C=O) groups is 1. The van der Waals surface area contributed by atoms with Crippen LogP contribution in [0.5, 0.6) is 5.75 Å². The number of amides is 1. The maximum absolute atomic E-state index is 12.2. The number of nitrogens with zero attached hydrogens (tertiary/aromatic N) is 1. The van der Waals surface area contributed by atoms with Gasteiger partial charge in [0.1, 0.15) is 11.4 Å². The molecule has 1 aromatic rings. The summed E-state index contributed by atoms with van der Waals surface area (Å²) in [5.41, 5.74) is 6.18. The topological polar surface area (TPSA) is 75.8 Å². The lowest BCUT2D eigenvalue weighted by atomic mass is 9.88. The fourth-order valence-corrected chi connectivity index (χ4v) is 2.74. The van der Waals surface area contributed by atoms with Crippen LogP contribution in [-0.2, 0) is 4.74 Å². The molecule has 5 heteroatoms. The molecule has 1 aromatic carbocycles. The first-order valence-corrected chi connectivity index (χ1v) is 7.27. The molecule has 1 saturated heterocycles. The quantitative estimate of drug-likeness (QED) is 0.877. The summed E-state index contributed by atoms with van der Waals surface area (Å²) < 4.78 is 5.41. The van der Waals surface area contributed by atoms with E-state index < -0.39 is 5.60 Å². The lowest BCUT2D eigenvalue weighted by molar-refractivity contribution is 0.0287. The summed E-state index contributed by atoms with van der Waals surface area (Å²) >= 11 is 0. The number of benzene rings is 1. The van der Waals surface area contributed by atoms with Crippen molar-refractivity contribution < 1.29 is 14.6 Å². The van der Waals surface area contributed by atoms with Crippen LogP contribution in [-0.4, -0.2) is 41.3 Å². The molecule has 116 valence electrons. The molecular formula is C16H24N2O3. The molecule has 1 heterocycles. The molecule has 0 spiro atoms. The molecule has 1 aliphatic heterocycles. The van der Waals surface area contributed by atoms with Gasteiger partial charge in [0, 0.05) is 19.0 Å². The van der Waals surface area contributed by atoms with Gasteiger partial charge < -0.3 is 20.5 Å². The molecule has 0 saturated carbocycles. The van der Waals surface area contributed by atoms with Crippen molar-refractivity contribution in [3.05, 3.63) is 29.8 Å². The molecule has 1 fully saturated rings. The van der Waals surface area contributed by atoms with Crippen molar-refractivity contribution in [3.63, 3.8) is 0 Å². The van der Waals surface area contributed by atoms with Gasteiger partial charge in [0.15, 0.2) is 0 Å². The Labute approximate surface area is 125 Å². The number of para-hydroxylation sites is 1. The van der Waals surface area contributed by atoms with Crippen LogP contribution < -0.4 is 5.73 Å². The minimum Gasteiger partial charge on any atom is -0.508 e. The Morgan fingerprint density at radius 1 is 1.38 bits per heavy atom. The minimum atomic E-state index is -0.512. The molecule has 2 unspecified atom stereocenters. The average Bonchev–Trinajstić information content (AvgIpc) is 2.81. The second-order valence-electron chi connectivity index (χ2n) is 6.55. The lowest BCUT2D eigenvalue weighted by Gasteiger charge is -2.24. The normalized spacial score (nSPS) is 22.4. The maximum Gasteiger partial charge on any atom is 0.410 e. The van der Waals surface area contributed by atoms with Gasteiger partial charge in [-0.1, -0.05) is 18.2 Å². The Bertz CT molecular complexity index is 510. The van der Waals surface area contributed by atoms with Crippen LogP contribution in [0, 0.1) is 5.92 Å². The van der Waals surface area contributed by atoms with E-state index in [4.69, 9.17) is 10.5 Å². The van der Waals surface area contributed by atoms with Gasteiger partial charge in [-0.05, 0) is 44.9 Å². The van der Waals surface area contributed by atoms with Gasteiger partial charge >= 0.3 is 6.09 Å². The molecule has 1 amide bonds. The molecule has 2 atom stereocenters. The molecule has 3 N–H and O–H groups in total. The highest BCUT2D eigenvalue weighted by Crippen LogP contribution is 2.36. The van der Waals surface area contributed by atoms with Crippen molar-refractivity contribution in [2.45, 2.75) is 32.3 Å². The third kappa shape index (κ3) is 3.67. The number of hydrogen-bond acceptors (Lipinski definition) is 4. The van der Waals surface area contributed by atoms with Crippen LogP contribution in [0.1, 0.15) is 32.3 Å². The second-order valence-corrected chi connectivity index (χ2v) is 6.55. The smallest absolute Gasteiger partial charge is 0.410 e. The highest BCUT2D eigenvalue weighted by atomic mass is 16.6. The molecule has 1 aliphatic rings. The van der Waals surface area contributed by atoms with Crippen LogP contribution >= 0.6 is 0 Å². The van der Waals surface area contributed by atoms with E-state index in [-0.39, 0.29) is 23.7 Å². The number of nitrogens with two attached hydrogens (primary N) is 1. The summed E-state index contributed by atoms with van der Waals surface area (Å²) in [5, 5.41) is 10.0. The largest absolute Gasteiger partial charge is 0.508 e. The van der Waals surface area contributed by atoms with E-state index in [1.165, 1.54) is 0 Å². The van der Waals surface area contributed by atoms with Gasteiger partial charge in [0.25, 0.3) is 0 Å². The number of rotatable bonds is 2. The highest BCUT2D eigenvalue weighted by molar-refractivity contribution is 5.69. The Kier molecular flexibility index (Phi) is 4.42. The van der Waals surface area contributed by atoms with Crippen molar-refractivity contribution >= 4 is 6.09 Å². The summed E-state index contributed by atoms with van der Waals surface area (Å²) in [6.45, 7) is 7.10. The zero-order valence-electron chi connectivity index (χ0n) is 12.9. The van der Waals surface area contributed by atoms with E-state index in [1.54, 1.807) is 17.0 Å². The Hall–Kier alpha value is -1.75. The van der Waals surface area contributed by atoms with Gasteiger partial charge in [-0.2, -0.15) is 0 Å². The third-order valence-electron chi connectivity index (χ3n) is 3.73. The summed E-state index contributed by atoms with van der Waals surface area (Å²) in [7, 11) is 0. The van der Waals surface area contributed by atoms with Crippen molar-refractivity contribution in [2.24, 2.45) is 11.7 Å². The van der Waals surface area contributed by atoms with E-state index in [0.29, 0.717) is 19.6 Å². The number of phenols is 1. The van der Waals surface area contributed by atoms with Crippen LogP contribution in [0.25, 0.3) is 0 Å². The first-order valence-electron chi connectivity index (χ1n) is 7.27. The van der Waals surface area contributed by atoms with E-state index in [1.807, 2.05) is 32.9 Å². The standard InChI is InChI=1S/C16H24N2O3/c1-16(2,3)21-15(20)18-9-11(8-17)13(10-18)12-6-4-5-7-14(12)19/h4-7,11,13,19H,8-10,17H2,1-3H3. The fourth-order valence-electron chi connectivity index (χ4n) is 2.74. The van der Waals surface area contributed by atoms with E-state index in [2.05, 4.69) is 0 Å². The van der Waals surface area contributed by atoms with Gasteiger partial charge in [0.2, 0.25) is 0 Å². The number of carbonyl (C=O) groups excluding carboxylic acids is 1. The number of phenolic OH excluding ortho intramolecular Hbond substituents is 1. The van der Waals surface area contributed by atoms with Gasteiger partial charge in [-0.3, -0.25) is 0 Å². The average molecular weight is 292 g/mol. The summed E-state index contributed by atoms with van der Waals surface area (Å²) in [5.74, 6) is 0.432. The summed E-state index contributed by atoms with van der Waals surface area (Å²) in [4.78, 5) is 13.9. The van der Waals surface area contributed by atoms with Crippen LogP contribution in [0.3, 0.4) is 0 Å². The monoisotopic (exact) mass is 292 g/mol. The van der Waals surface area contributed by atoms with E-state index >= 15 is 0 Å². The fraction of sp³-hybridized carbons (Fsp3) is 0.562. The molecule has 0 radical (unpaired) electrons. The Morgan fingerprint density at radius 3 is 2.62 bits per heavy atom. The molecule has 21 heavy (non-hydrogen) atoms. The number of likely N-dealkylation sites (tertiary alicyclic amines) is 1. The first-order chi connectivity index (χ1) is 9.81. The van der Waals surface area contributed by atoms with Crippen LogP contribution in [0.15, 0.2) is 24.3 Å². The van der Waals surface area contributed by atoms with Gasteiger partial charge in [0.05, 0.1) is 0 Å². The number of ether oxygens (including phenoxy) is 1. The van der Waals surface area contributed by atoms with Gasteiger partial charge in [-0.15, -0.1) is 0 Å². The van der Waals surface area contributed by atoms with Crippen molar-refractivity contribution in [1.82, 2.24) is 4.90 Å². The first kappa shape index (κ1) is 15.6. The van der Waals surface area contributed by atoms with E-state index in [0.717, 1.165) is 5.56 Å². The third-order valence-corrected chi connectivity index (χ3v) is 3.73. The molecule has 0 bridgehead atoms. The summed E-state index contributed by atoms with van der Waals surface area (Å²) in [6, 6.07) is 7.23. The SMILES string of the molecule is CC(C)(C)OC(=O)N1CC(CN)C(c2ccccc2O)C1. The van der Waals surface area contributed by atoms with Crippen molar-refractivity contribution in [1.29, 1.82) is 0 Å². The second kappa shape index (κ2) is 5.93. The van der Waals surface area contributed by atoms with Crippen LogP contribution in [0.4, 0.5) is 4.79 Å². The Balaban J connectivity index is 2.15. The Morgan fingerprint density at radius 2 is 2.05 bits per heavy atom. The summed E-state index contributed by atoms with van der Waals surface area (Å²) in [6.07, 6.45) is -0.320. The molecule has 2 rings (SSSR count). The number of aromatic hydroxyl groups is 1. The van der Waals surface area contributed by atoms with Gasteiger partial charge in [-0.25, -0.2) is 4.79 Å². The van der Waals surface area contributed by atoms with Crippen LogP contribution in [0.2, 0.25) is 0 Å². The maximum atomic E-state index is 12.2.